The van der Waals surface area contributed by atoms with Crippen LogP contribution in [-0.2, 0) is 16.1 Å². The van der Waals surface area contributed by atoms with Crippen molar-refractivity contribution < 1.29 is 14.7 Å². The van der Waals surface area contributed by atoms with Gasteiger partial charge in [0.25, 0.3) is 5.56 Å². The van der Waals surface area contributed by atoms with E-state index in [1.807, 2.05) is 0 Å². The molecule has 0 aliphatic carbocycles. The van der Waals surface area contributed by atoms with Crippen molar-refractivity contribution in [2.24, 2.45) is 5.92 Å². The number of fused-ring (bicyclic) bond motifs is 1. The number of aliphatic carboxylic acids is 1. The highest BCUT2D eigenvalue weighted by molar-refractivity contribution is 5.83. The van der Waals surface area contributed by atoms with Crippen molar-refractivity contribution in [2.45, 2.75) is 32.9 Å². The molecule has 0 saturated carbocycles. The lowest BCUT2D eigenvalue weighted by molar-refractivity contribution is -0.309. The van der Waals surface area contributed by atoms with E-state index in [9.17, 15) is 24.3 Å². The number of benzene rings is 1. The first-order valence-electron chi connectivity index (χ1n) is 7.57. The van der Waals surface area contributed by atoms with E-state index in [1.54, 1.807) is 32.0 Å². The minimum Gasteiger partial charge on any atom is -0.548 e. The molecule has 1 aromatic carbocycles. The molecule has 2 atom stereocenters. The largest absolute Gasteiger partial charge is 0.548 e. The van der Waals surface area contributed by atoms with Crippen molar-refractivity contribution in [3.63, 3.8) is 0 Å². The van der Waals surface area contributed by atoms with Crippen molar-refractivity contribution in [1.29, 1.82) is 0 Å². The third-order valence-electron chi connectivity index (χ3n) is 3.97. The topological polar surface area (TPSA) is 124 Å². The van der Waals surface area contributed by atoms with E-state index in [0.29, 0.717) is 11.9 Å². The fraction of sp³-hybridized carbons (Fsp3) is 0.375. The van der Waals surface area contributed by atoms with Crippen LogP contribution in [0.5, 0.6) is 0 Å². The van der Waals surface area contributed by atoms with E-state index < -0.39 is 35.7 Å². The summed E-state index contributed by atoms with van der Waals surface area (Å²) in [4.78, 5) is 50.0. The van der Waals surface area contributed by atoms with Gasteiger partial charge in [-0.1, -0.05) is 32.4 Å². The molecule has 0 radical (unpaired) electrons. The smallest absolute Gasteiger partial charge is 0.329 e. The Hall–Kier alpha value is -2.90. The van der Waals surface area contributed by atoms with Gasteiger partial charge in [-0.3, -0.25) is 14.2 Å². The number of nitrogens with zero attached hydrogens (tertiary/aromatic N) is 1. The molecule has 0 saturated heterocycles. The second-order valence-electron chi connectivity index (χ2n) is 5.62. The number of rotatable bonds is 6. The van der Waals surface area contributed by atoms with Crippen LogP contribution in [0.25, 0.3) is 10.9 Å². The Bertz CT molecular complexity index is 883. The van der Waals surface area contributed by atoms with E-state index in [4.69, 9.17) is 0 Å². The van der Waals surface area contributed by atoms with Gasteiger partial charge in [-0.15, -0.1) is 0 Å². The fourth-order valence-corrected chi connectivity index (χ4v) is 2.37. The van der Waals surface area contributed by atoms with Gasteiger partial charge in [0, 0.05) is 0 Å². The molecule has 8 nitrogen and oxygen atoms in total. The number of amides is 1. The molecule has 1 heterocycles. The number of H-pyrrole nitrogens is 1. The Morgan fingerprint density at radius 1 is 1.29 bits per heavy atom. The second kappa shape index (κ2) is 7.12. The maximum Gasteiger partial charge on any atom is 0.329 e. The molecule has 2 N–H and O–H groups in total. The van der Waals surface area contributed by atoms with Crippen LogP contribution in [0.3, 0.4) is 0 Å². The normalized spacial score (nSPS) is 13.4. The van der Waals surface area contributed by atoms with Crippen LogP contribution >= 0.6 is 0 Å². The number of carboxylic acid groups (broad SMARTS) is 1. The Labute approximate surface area is 137 Å². The Kier molecular flexibility index (Phi) is 5.18. The van der Waals surface area contributed by atoms with Gasteiger partial charge < -0.3 is 20.2 Å². The zero-order chi connectivity index (χ0) is 17.9. The lowest BCUT2D eigenvalue weighted by atomic mass is 9.99. The van der Waals surface area contributed by atoms with Crippen molar-refractivity contribution in [3.8, 4) is 0 Å². The first-order chi connectivity index (χ1) is 11.3. The van der Waals surface area contributed by atoms with Crippen molar-refractivity contribution in [1.82, 2.24) is 14.9 Å². The summed E-state index contributed by atoms with van der Waals surface area (Å²) in [5, 5.41) is 13.7. The molecule has 128 valence electrons. The standard InChI is InChI=1S/C16H19N3O5/c1-3-9(2)13(15(22)23)18-12(20)8-19-14(21)10-6-4-5-7-11(10)17-16(19)24/h4-7,9,13H,3,8H2,1-2H3,(H,17,24)(H,18,20)(H,22,23)/p-1/t9-,13+/m1/s1. The molecule has 0 spiro atoms. The number of carboxylic acids is 1. The molecule has 0 aliphatic heterocycles. The van der Waals surface area contributed by atoms with Crippen molar-refractivity contribution in [2.75, 3.05) is 0 Å². The third-order valence-corrected chi connectivity index (χ3v) is 3.97. The maximum absolute atomic E-state index is 12.3. The zero-order valence-corrected chi connectivity index (χ0v) is 13.4. The number of carbonyl (C=O) groups is 2. The summed E-state index contributed by atoms with van der Waals surface area (Å²) in [6, 6.07) is 5.24. The summed E-state index contributed by atoms with van der Waals surface area (Å²) in [6.07, 6.45) is 0.523. The van der Waals surface area contributed by atoms with Crippen LogP contribution in [0.2, 0.25) is 0 Å². The fourth-order valence-electron chi connectivity index (χ4n) is 2.37. The highest BCUT2D eigenvalue weighted by Crippen LogP contribution is 2.07. The minimum atomic E-state index is -1.41. The number of hydrogen-bond acceptors (Lipinski definition) is 5. The molecule has 24 heavy (non-hydrogen) atoms. The number of aromatic amines is 1. The van der Waals surface area contributed by atoms with Gasteiger partial charge >= 0.3 is 5.69 Å². The molecule has 0 bridgehead atoms. The maximum atomic E-state index is 12.3. The van der Waals surface area contributed by atoms with E-state index in [0.717, 1.165) is 4.57 Å². The van der Waals surface area contributed by atoms with Gasteiger partial charge in [0.05, 0.1) is 22.9 Å². The van der Waals surface area contributed by atoms with Crippen LogP contribution in [0.4, 0.5) is 0 Å². The second-order valence-corrected chi connectivity index (χ2v) is 5.62. The quantitative estimate of drug-likeness (QED) is 0.700. The molecule has 1 aromatic heterocycles. The number of hydrogen-bond donors (Lipinski definition) is 2. The minimum absolute atomic E-state index is 0.267. The summed E-state index contributed by atoms with van der Waals surface area (Å²) in [5.41, 5.74) is -0.975. The highest BCUT2D eigenvalue weighted by atomic mass is 16.4. The zero-order valence-electron chi connectivity index (χ0n) is 13.4. The van der Waals surface area contributed by atoms with Gasteiger partial charge in [0.1, 0.15) is 6.54 Å². The van der Waals surface area contributed by atoms with E-state index in [1.165, 1.54) is 6.07 Å². The van der Waals surface area contributed by atoms with Crippen LogP contribution < -0.4 is 21.7 Å². The van der Waals surface area contributed by atoms with Gasteiger partial charge in [-0.25, -0.2) is 4.79 Å². The molecule has 0 unspecified atom stereocenters. The first kappa shape index (κ1) is 17.5. The Morgan fingerprint density at radius 2 is 1.96 bits per heavy atom. The van der Waals surface area contributed by atoms with E-state index in [-0.39, 0.29) is 11.3 Å². The number of nitrogens with one attached hydrogen (secondary N) is 2. The summed E-state index contributed by atoms with van der Waals surface area (Å²) < 4.78 is 0.737. The summed E-state index contributed by atoms with van der Waals surface area (Å²) in [6.45, 7) is 2.88. The predicted molar refractivity (Wildman–Crippen MR) is 85.2 cm³/mol. The molecule has 2 rings (SSSR count). The average molecular weight is 332 g/mol. The molecule has 2 aromatic rings. The monoisotopic (exact) mass is 332 g/mol. The van der Waals surface area contributed by atoms with Crippen LogP contribution in [0.15, 0.2) is 33.9 Å². The lowest BCUT2D eigenvalue weighted by Crippen LogP contribution is -2.53. The summed E-state index contributed by atoms with van der Waals surface area (Å²) >= 11 is 0. The molecule has 0 fully saturated rings. The number of para-hydroxylation sites is 1. The predicted octanol–water partition coefficient (Wildman–Crippen LogP) is -1.03. The van der Waals surface area contributed by atoms with Gasteiger partial charge in [-0.05, 0) is 18.1 Å². The molecule has 8 heteroatoms. The number of carbonyl (C=O) groups excluding carboxylic acids is 2. The van der Waals surface area contributed by atoms with E-state index in [2.05, 4.69) is 10.3 Å². The average Bonchev–Trinajstić information content (AvgIpc) is 2.55. The summed E-state index contributed by atoms with van der Waals surface area (Å²) in [7, 11) is 0. The van der Waals surface area contributed by atoms with Gasteiger partial charge in [0.15, 0.2) is 0 Å². The van der Waals surface area contributed by atoms with Crippen LogP contribution in [0.1, 0.15) is 20.3 Å². The Balaban J connectivity index is 2.29. The molecular weight excluding hydrogens is 314 g/mol. The van der Waals surface area contributed by atoms with Gasteiger partial charge in [-0.2, -0.15) is 0 Å². The molecular formula is C16H18N3O5-. The van der Waals surface area contributed by atoms with Crippen molar-refractivity contribution in [3.05, 3.63) is 45.1 Å². The highest BCUT2D eigenvalue weighted by Gasteiger charge is 2.20. The third kappa shape index (κ3) is 3.53. The first-order valence-corrected chi connectivity index (χ1v) is 7.57. The Morgan fingerprint density at radius 3 is 2.58 bits per heavy atom. The SMILES string of the molecule is CC[C@@H](C)[C@H](NC(=O)Cn1c(=O)[nH]c2ccccc2c1=O)C(=O)[O-]. The van der Waals surface area contributed by atoms with Crippen LogP contribution in [0, 0.1) is 5.92 Å². The lowest BCUT2D eigenvalue weighted by Gasteiger charge is -2.25. The van der Waals surface area contributed by atoms with Crippen LogP contribution in [-0.4, -0.2) is 27.5 Å². The van der Waals surface area contributed by atoms with Crippen molar-refractivity contribution >= 4 is 22.8 Å². The van der Waals surface area contributed by atoms with E-state index >= 15 is 0 Å². The summed E-state index contributed by atoms with van der Waals surface area (Å²) in [5.74, 6) is -2.49. The number of aromatic nitrogens is 2. The molecule has 1 amide bonds. The molecule has 0 aliphatic rings. The van der Waals surface area contributed by atoms with Gasteiger partial charge in [0.2, 0.25) is 5.91 Å².